The fourth-order valence-electron chi connectivity index (χ4n) is 4.02. The Morgan fingerprint density at radius 1 is 0.944 bits per heavy atom. The van der Waals surface area contributed by atoms with Gasteiger partial charge >= 0.3 is 0 Å². The number of nitrogens with one attached hydrogen (secondary N) is 1. The molecule has 0 radical (unpaired) electrons. The molecular weight excluding hydrogens is 516 g/mol. The molecule has 3 aromatic rings. The van der Waals surface area contributed by atoms with Crippen molar-refractivity contribution in [2.45, 2.75) is 59.2 Å². The van der Waals surface area contributed by atoms with E-state index in [-0.39, 0.29) is 25.0 Å². The monoisotopic (exact) mass is 550 g/mol. The molecule has 3 aromatic carbocycles. The smallest absolute Gasteiger partial charge is 0.261 e. The third kappa shape index (κ3) is 8.23. The van der Waals surface area contributed by atoms with Gasteiger partial charge in [-0.2, -0.15) is 0 Å². The lowest BCUT2D eigenvalue weighted by molar-refractivity contribution is -0.143. The summed E-state index contributed by atoms with van der Waals surface area (Å²) in [6, 6.07) is 22.7. The van der Waals surface area contributed by atoms with Crippen LogP contribution in [0.25, 0.3) is 0 Å². The number of halogens is 1. The quantitative estimate of drug-likeness (QED) is 0.355. The zero-order chi connectivity index (χ0) is 26.3. The Bertz CT molecular complexity index is 1190. The number of carbonyl (C=O) groups is 2. The predicted octanol–water partition coefficient (Wildman–Crippen LogP) is 6.00. The molecule has 190 valence electrons. The van der Waals surface area contributed by atoms with Gasteiger partial charge in [0.15, 0.2) is 6.61 Å². The maximum atomic E-state index is 13.7. The first-order valence-electron chi connectivity index (χ1n) is 12.1. The van der Waals surface area contributed by atoms with Gasteiger partial charge in [-0.1, -0.05) is 76.1 Å². The first-order valence-corrected chi connectivity index (χ1v) is 12.9. The van der Waals surface area contributed by atoms with E-state index in [4.69, 9.17) is 4.74 Å². The Hall–Kier alpha value is -3.12. The second kappa shape index (κ2) is 12.2. The largest absolute Gasteiger partial charge is 0.483 e. The van der Waals surface area contributed by atoms with Crippen LogP contribution in [0.2, 0.25) is 0 Å². The standard InChI is InChI=1S/C30H35BrN2O3/c1-21-14-15-27(22(2)16-21)36-20-28(34)33(19-24-12-9-13-25(31)17-24)26(29(35)32-30(3,4)5)18-23-10-7-6-8-11-23/h6-17,26H,18-20H2,1-5H3,(H,32,35). The summed E-state index contributed by atoms with van der Waals surface area (Å²) in [5, 5.41) is 3.08. The van der Waals surface area contributed by atoms with Crippen molar-refractivity contribution in [1.82, 2.24) is 10.2 Å². The van der Waals surface area contributed by atoms with Gasteiger partial charge in [-0.3, -0.25) is 9.59 Å². The van der Waals surface area contributed by atoms with E-state index >= 15 is 0 Å². The number of hydrogen-bond acceptors (Lipinski definition) is 3. The Kier molecular flexibility index (Phi) is 9.32. The highest BCUT2D eigenvalue weighted by Gasteiger charge is 2.32. The first kappa shape index (κ1) is 27.5. The number of aryl methyl sites for hydroxylation is 2. The first-order chi connectivity index (χ1) is 17.0. The lowest BCUT2D eigenvalue weighted by Crippen LogP contribution is -2.55. The van der Waals surface area contributed by atoms with Crippen molar-refractivity contribution in [3.63, 3.8) is 0 Å². The number of hydrogen-bond donors (Lipinski definition) is 1. The number of benzene rings is 3. The topological polar surface area (TPSA) is 58.6 Å². The van der Waals surface area contributed by atoms with Crippen molar-refractivity contribution in [3.8, 4) is 5.75 Å². The molecule has 1 unspecified atom stereocenters. The lowest BCUT2D eigenvalue weighted by atomic mass is 10.0. The van der Waals surface area contributed by atoms with Crippen LogP contribution in [0, 0.1) is 13.8 Å². The fourth-order valence-corrected chi connectivity index (χ4v) is 4.47. The third-order valence-electron chi connectivity index (χ3n) is 5.69. The molecule has 0 heterocycles. The normalized spacial score (nSPS) is 12.1. The van der Waals surface area contributed by atoms with E-state index in [1.54, 1.807) is 4.90 Å². The van der Waals surface area contributed by atoms with Gasteiger partial charge in [-0.15, -0.1) is 0 Å². The average molecular weight is 552 g/mol. The van der Waals surface area contributed by atoms with Crippen molar-refractivity contribution in [3.05, 3.63) is 99.5 Å². The molecule has 0 saturated carbocycles. The summed E-state index contributed by atoms with van der Waals surface area (Å²) >= 11 is 3.52. The molecule has 0 bridgehead atoms. The minimum Gasteiger partial charge on any atom is -0.483 e. The Morgan fingerprint density at radius 3 is 2.28 bits per heavy atom. The Morgan fingerprint density at radius 2 is 1.64 bits per heavy atom. The zero-order valence-electron chi connectivity index (χ0n) is 21.7. The highest BCUT2D eigenvalue weighted by atomic mass is 79.9. The molecule has 0 aliphatic rings. The van der Waals surface area contributed by atoms with Crippen LogP contribution in [0.5, 0.6) is 5.75 Å². The second-order valence-corrected chi connectivity index (χ2v) is 11.1. The van der Waals surface area contributed by atoms with Crippen LogP contribution >= 0.6 is 15.9 Å². The SMILES string of the molecule is Cc1ccc(OCC(=O)N(Cc2cccc(Br)c2)C(Cc2ccccc2)C(=O)NC(C)(C)C)c(C)c1. The molecule has 0 aromatic heterocycles. The van der Waals surface area contributed by atoms with Crippen molar-refractivity contribution >= 4 is 27.7 Å². The van der Waals surface area contributed by atoms with E-state index < -0.39 is 11.6 Å². The lowest BCUT2D eigenvalue weighted by Gasteiger charge is -2.34. The van der Waals surface area contributed by atoms with Crippen molar-refractivity contribution < 1.29 is 14.3 Å². The van der Waals surface area contributed by atoms with E-state index in [0.717, 1.165) is 26.7 Å². The van der Waals surface area contributed by atoms with Crippen LogP contribution in [0.4, 0.5) is 0 Å². The number of nitrogens with zero attached hydrogens (tertiary/aromatic N) is 1. The minimum absolute atomic E-state index is 0.161. The molecular formula is C30H35BrN2O3. The van der Waals surface area contributed by atoms with Gasteiger partial charge < -0.3 is 15.0 Å². The van der Waals surface area contributed by atoms with E-state index in [0.29, 0.717) is 12.2 Å². The van der Waals surface area contributed by atoms with Gasteiger partial charge in [0.05, 0.1) is 0 Å². The van der Waals surface area contributed by atoms with Crippen LogP contribution in [0.3, 0.4) is 0 Å². The zero-order valence-corrected chi connectivity index (χ0v) is 23.3. The van der Waals surface area contributed by atoms with Gasteiger partial charge in [-0.25, -0.2) is 0 Å². The van der Waals surface area contributed by atoms with E-state index in [1.165, 1.54) is 0 Å². The molecule has 0 aliphatic heterocycles. The number of carbonyl (C=O) groups excluding carboxylic acids is 2. The summed E-state index contributed by atoms with van der Waals surface area (Å²) in [5.41, 5.74) is 3.56. The maximum Gasteiger partial charge on any atom is 0.261 e. The molecule has 0 spiro atoms. The molecule has 6 heteroatoms. The molecule has 0 fully saturated rings. The summed E-state index contributed by atoms with van der Waals surface area (Å²) < 4.78 is 6.86. The third-order valence-corrected chi connectivity index (χ3v) is 6.19. The summed E-state index contributed by atoms with van der Waals surface area (Å²) in [4.78, 5) is 28.9. The summed E-state index contributed by atoms with van der Waals surface area (Å²) in [7, 11) is 0. The van der Waals surface area contributed by atoms with Crippen LogP contribution in [-0.4, -0.2) is 34.9 Å². The van der Waals surface area contributed by atoms with Gasteiger partial charge in [0.2, 0.25) is 5.91 Å². The van der Waals surface area contributed by atoms with Gasteiger partial charge in [0.25, 0.3) is 5.91 Å². The molecule has 1 N–H and O–H groups in total. The van der Waals surface area contributed by atoms with Crippen molar-refractivity contribution in [2.75, 3.05) is 6.61 Å². The fraction of sp³-hybridized carbons (Fsp3) is 0.333. The van der Waals surface area contributed by atoms with Crippen LogP contribution in [-0.2, 0) is 22.6 Å². The highest BCUT2D eigenvalue weighted by molar-refractivity contribution is 9.10. The summed E-state index contributed by atoms with van der Waals surface area (Å²) in [5.74, 6) is 0.219. The molecule has 3 rings (SSSR count). The Balaban J connectivity index is 1.94. The number of ether oxygens (including phenoxy) is 1. The van der Waals surface area contributed by atoms with Crippen molar-refractivity contribution in [1.29, 1.82) is 0 Å². The summed E-state index contributed by atoms with van der Waals surface area (Å²) in [6.45, 7) is 9.91. The average Bonchev–Trinajstić information content (AvgIpc) is 2.80. The van der Waals surface area contributed by atoms with Crippen molar-refractivity contribution in [2.24, 2.45) is 0 Å². The maximum absolute atomic E-state index is 13.7. The van der Waals surface area contributed by atoms with Gasteiger partial charge in [0.1, 0.15) is 11.8 Å². The molecule has 0 aliphatic carbocycles. The molecule has 1 atom stereocenters. The Labute approximate surface area is 223 Å². The number of amides is 2. The van der Waals surface area contributed by atoms with Gasteiger partial charge in [0, 0.05) is 23.0 Å². The van der Waals surface area contributed by atoms with Gasteiger partial charge in [-0.05, 0) is 69.5 Å². The molecule has 36 heavy (non-hydrogen) atoms. The predicted molar refractivity (Wildman–Crippen MR) is 148 cm³/mol. The van der Waals surface area contributed by atoms with E-state index in [9.17, 15) is 9.59 Å². The van der Waals surface area contributed by atoms with E-state index in [1.807, 2.05) is 107 Å². The minimum atomic E-state index is -0.708. The van der Waals surface area contributed by atoms with Crippen LogP contribution in [0.1, 0.15) is 43.0 Å². The van der Waals surface area contributed by atoms with Crippen LogP contribution in [0.15, 0.2) is 77.3 Å². The molecule has 2 amide bonds. The summed E-state index contributed by atoms with van der Waals surface area (Å²) in [6.07, 6.45) is 0.395. The number of rotatable bonds is 9. The highest BCUT2D eigenvalue weighted by Crippen LogP contribution is 2.21. The van der Waals surface area contributed by atoms with Crippen LogP contribution < -0.4 is 10.1 Å². The molecule has 0 saturated heterocycles. The van der Waals surface area contributed by atoms with E-state index in [2.05, 4.69) is 21.2 Å². The molecule has 5 nitrogen and oxygen atoms in total. The second-order valence-electron chi connectivity index (χ2n) is 10.2.